The van der Waals surface area contributed by atoms with Gasteiger partial charge in [0.25, 0.3) is 21.8 Å². The first-order valence-corrected chi connectivity index (χ1v) is 12.3. The largest absolute Gasteiger partial charge is 0.337 e. The lowest BCUT2D eigenvalue weighted by atomic mass is 10.0. The van der Waals surface area contributed by atoms with Gasteiger partial charge >= 0.3 is 0 Å². The molecule has 0 saturated carbocycles. The third-order valence-electron chi connectivity index (χ3n) is 5.82. The average molecular weight is 497 g/mol. The van der Waals surface area contributed by atoms with Crippen LogP contribution in [0.2, 0.25) is 0 Å². The number of sulfonamides is 1. The summed E-state index contributed by atoms with van der Waals surface area (Å²) < 4.78 is 32.7. The maximum atomic E-state index is 13.1. The maximum Gasteiger partial charge on any atom is 0.264 e. The fourth-order valence-corrected chi connectivity index (χ4v) is 4.85. The fraction of sp³-hybridized carbons (Fsp3) is 0.250. The van der Waals surface area contributed by atoms with E-state index in [-0.39, 0.29) is 27.8 Å². The lowest BCUT2D eigenvalue weighted by Crippen LogP contribution is -2.50. The zero-order valence-corrected chi connectivity index (χ0v) is 20.3. The Bertz CT molecular complexity index is 1390. The van der Waals surface area contributed by atoms with Crippen LogP contribution in [-0.2, 0) is 14.8 Å². The summed E-state index contributed by atoms with van der Waals surface area (Å²) in [6.45, 7) is 6.85. The monoisotopic (exact) mass is 496 g/mol. The van der Waals surface area contributed by atoms with Crippen LogP contribution in [0.5, 0.6) is 0 Å². The number of hydrogen-bond acceptors (Lipinski definition) is 7. The summed E-state index contributed by atoms with van der Waals surface area (Å²) in [6.07, 6.45) is 0. The summed E-state index contributed by atoms with van der Waals surface area (Å²) >= 11 is 0. The number of carbonyl (C=O) groups is 3. The van der Waals surface area contributed by atoms with Crippen molar-refractivity contribution >= 4 is 39.3 Å². The highest BCUT2D eigenvalue weighted by atomic mass is 32.2. The molecule has 0 aliphatic carbocycles. The van der Waals surface area contributed by atoms with Crippen molar-refractivity contribution in [2.45, 2.75) is 38.6 Å². The van der Waals surface area contributed by atoms with E-state index >= 15 is 0 Å². The molecule has 10 nitrogen and oxygen atoms in total. The van der Waals surface area contributed by atoms with E-state index in [1.54, 1.807) is 52.0 Å². The smallest absolute Gasteiger partial charge is 0.264 e. The van der Waals surface area contributed by atoms with Crippen molar-refractivity contribution in [2.24, 2.45) is 5.92 Å². The third-order valence-corrected chi connectivity index (χ3v) is 7.17. The molecular weight excluding hydrogens is 472 g/mol. The average Bonchev–Trinajstić information content (AvgIpc) is 3.25. The van der Waals surface area contributed by atoms with Crippen molar-refractivity contribution in [2.75, 3.05) is 10.0 Å². The van der Waals surface area contributed by atoms with Crippen molar-refractivity contribution in [3.05, 3.63) is 70.9 Å². The second kappa shape index (κ2) is 8.99. The van der Waals surface area contributed by atoms with Crippen LogP contribution in [0.25, 0.3) is 0 Å². The van der Waals surface area contributed by atoms with Gasteiger partial charge in [-0.1, -0.05) is 31.1 Å². The molecule has 3 aromatic rings. The van der Waals surface area contributed by atoms with Gasteiger partial charge in [-0.15, -0.1) is 0 Å². The van der Waals surface area contributed by atoms with Gasteiger partial charge in [0, 0.05) is 11.3 Å². The van der Waals surface area contributed by atoms with Gasteiger partial charge in [0.15, 0.2) is 0 Å². The highest BCUT2D eigenvalue weighted by molar-refractivity contribution is 7.92. The molecule has 1 aliphatic heterocycles. The molecule has 0 bridgehead atoms. The first-order valence-electron chi connectivity index (χ1n) is 10.8. The van der Waals surface area contributed by atoms with Gasteiger partial charge in [-0.2, -0.15) is 0 Å². The van der Waals surface area contributed by atoms with Gasteiger partial charge in [0.1, 0.15) is 6.04 Å². The van der Waals surface area contributed by atoms with E-state index in [2.05, 4.69) is 15.2 Å². The minimum absolute atomic E-state index is 0.0283. The summed E-state index contributed by atoms with van der Waals surface area (Å²) in [5.41, 5.74) is 1.97. The Kier molecular flexibility index (Phi) is 6.20. The van der Waals surface area contributed by atoms with Gasteiger partial charge in [0.2, 0.25) is 11.8 Å². The predicted octanol–water partition coefficient (Wildman–Crippen LogP) is 3.35. The van der Waals surface area contributed by atoms with Gasteiger partial charge in [-0.25, -0.2) is 13.1 Å². The molecule has 0 radical (unpaired) electrons. The van der Waals surface area contributed by atoms with Crippen LogP contribution in [-0.4, -0.2) is 42.2 Å². The van der Waals surface area contributed by atoms with E-state index < -0.39 is 33.8 Å². The number of aromatic nitrogens is 1. The Morgan fingerprint density at radius 3 is 2.03 bits per heavy atom. The van der Waals surface area contributed by atoms with Crippen molar-refractivity contribution < 1.29 is 27.3 Å². The zero-order chi connectivity index (χ0) is 25.5. The summed E-state index contributed by atoms with van der Waals surface area (Å²) in [5.74, 6) is -1.94. The Hall–Kier alpha value is -3.99. The molecule has 11 heteroatoms. The van der Waals surface area contributed by atoms with E-state index in [0.717, 1.165) is 4.90 Å². The Labute approximate surface area is 202 Å². The van der Waals surface area contributed by atoms with E-state index in [1.807, 2.05) is 0 Å². The molecule has 0 fully saturated rings. The Morgan fingerprint density at radius 2 is 1.54 bits per heavy atom. The van der Waals surface area contributed by atoms with Gasteiger partial charge in [-0.05, 0) is 56.2 Å². The number of nitrogens with zero attached hydrogens (tertiary/aromatic N) is 2. The van der Waals surface area contributed by atoms with Gasteiger partial charge in [0.05, 0.1) is 21.7 Å². The van der Waals surface area contributed by atoms with Crippen LogP contribution in [0.4, 0.5) is 11.6 Å². The molecule has 3 amide bonds. The predicted molar refractivity (Wildman–Crippen MR) is 127 cm³/mol. The second-order valence-electron chi connectivity index (χ2n) is 8.56. The summed E-state index contributed by atoms with van der Waals surface area (Å²) in [6, 6.07) is 10.9. The van der Waals surface area contributed by atoms with Crippen molar-refractivity contribution in [1.29, 1.82) is 0 Å². The van der Waals surface area contributed by atoms with Crippen LogP contribution in [0.1, 0.15) is 45.8 Å². The number of carbonyl (C=O) groups excluding carboxylic acids is 3. The Morgan fingerprint density at radius 1 is 0.971 bits per heavy atom. The summed E-state index contributed by atoms with van der Waals surface area (Å²) in [5, 5.41) is 6.41. The summed E-state index contributed by atoms with van der Waals surface area (Å²) in [4.78, 5) is 39.8. The maximum absolute atomic E-state index is 13.1. The fourth-order valence-electron chi connectivity index (χ4n) is 3.80. The lowest BCUT2D eigenvalue weighted by molar-refractivity contribution is -0.121. The number of nitrogens with one attached hydrogen (secondary N) is 2. The SMILES string of the molecule is Cc1noc(NS(=O)(=O)c2ccc(NC(=O)C(C(C)C)N3C(=O)c4ccccc4C3=O)cc2)c1C. The van der Waals surface area contributed by atoms with Crippen LogP contribution < -0.4 is 10.0 Å². The molecule has 2 heterocycles. The third kappa shape index (κ3) is 4.42. The number of amides is 3. The second-order valence-corrected chi connectivity index (χ2v) is 10.2. The molecule has 0 saturated heterocycles. The molecule has 0 spiro atoms. The molecule has 1 aliphatic rings. The molecule has 1 unspecified atom stereocenters. The molecule has 2 N–H and O–H groups in total. The van der Waals surface area contributed by atoms with E-state index in [9.17, 15) is 22.8 Å². The van der Waals surface area contributed by atoms with E-state index in [1.165, 1.54) is 24.3 Å². The number of hydrogen-bond donors (Lipinski definition) is 2. The van der Waals surface area contributed by atoms with Crippen LogP contribution in [0.15, 0.2) is 57.9 Å². The zero-order valence-electron chi connectivity index (χ0n) is 19.5. The number of imide groups is 1. The molecule has 1 atom stereocenters. The van der Waals surface area contributed by atoms with Crippen LogP contribution in [0.3, 0.4) is 0 Å². The highest BCUT2D eigenvalue weighted by Gasteiger charge is 2.43. The molecule has 2 aromatic carbocycles. The van der Waals surface area contributed by atoms with Crippen LogP contribution in [0, 0.1) is 19.8 Å². The Balaban J connectivity index is 1.52. The number of benzene rings is 2. The van der Waals surface area contributed by atoms with Gasteiger partial charge < -0.3 is 9.84 Å². The standard InChI is InChI=1S/C24H24N4O6S/c1-13(2)20(28-23(30)18-7-5-6-8-19(18)24(28)31)21(29)25-16-9-11-17(12-10-16)35(32,33)27-22-14(3)15(4)26-34-22/h5-13,20,27H,1-4H3,(H,25,29). The van der Waals surface area contributed by atoms with Crippen molar-refractivity contribution in [3.8, 4) is 0 Å². The van der Waals surface area contributed by atoms with Gasteiger partial charge in [-0.3, -0.25) is 19.3 Å². The van der Waals surface area contributed by atoms with E-state index in [4.69, 9.17) is 4.52 Å². The van der Waals surface area contributed by atoms with Crippen LogP contribution >= 0.6 is 0 Å². The minimum Gasteiger partial charge on any atom is -0.337 e. The number of fused-ring (bicyclic) bond motifs is 1. The molecule has 182 valence electrons. The van der Waals surface area contributed by atoms with E-state index in [0.29, 0.717) is 16.9 Å². The topological polar surface area (TPSA) is 139 Å². The molecule has 35 heavy (non-hydrogen) atoms. The normalized spacial score (nSPS) is 14.3. The van der Waals surface area contributed by atoms with Crippen molar-refractivity contribution in [3.63, 3.8) is 0 Å². The molecule has 4 rings (SSSR count). The highest BCUT2D eigenvalue weighted by Crippen LogP contribution is 2.28. The minimum atomic E-state index is -3.95. The summed E-state index contributed by atoms with van der Waals surface area (Å²) in [7, 11) is -3.95. The number of rotatable bonds is 7. The molecule has 1 aromatic heterocycles. The first kappa shape index (κ1) is 24.1. The number of anilines is 2. The quantitative estimate of drug-likeness (QED) is 0.478. The van der Waals surface area contributed by atoms with Crippen molar-refractivity contribution in [1.82, 2.24) is 10.1 Å². The first-order chi connectivity index (χ1) is 16.5. The lowest BCUT2D eigenvalue weighted by Gasteiger charge is -2.28. The molecular formula is C24H24N4O6S. The number of aryl methyl sites for hydroxylation is 1.